The summed E-state index contributed by atoms with van der Waals surface area (Å²) in [5.74, 6) is 0.474. The number of para-hydroxylation sites is 1. The van der Waals surface area contributed by atoms with Crippen molar-refractivity contribution in [2.75, 3.05) is 11.9 Å². The molecule has 1 atom stereocenters. The Morgan fingerprint density at radius 1 is 1.16 bits per heavy atom. The third-order valence-corrected chi connectivity index (χ3v) is 5.39. The first-order valence-corrected chi connectivity index (χ1v) is 9.63. The minimum Gasteiger partial charge on any atom is -0.480 e. The van der Waals surface area contributed by atoms with Gasteiger partial charge in [0.25, 0.3) is 5.91 Å². The first kappa shape index (κ1) is 17.4. The van der Waals surface area contributed by atoms with Crippen molar-refractivity contribution >= 4 is 21.6 Å². The molecule has 1 aliphatic heterocycles. The molecule has 1 heterocycles. The smallest absolute Gasteiger partial charge is 0.265 e. The number of sulfonamides is 1. The molecule has 2 aromatic rings. The van der Waals surface area contributed by atoms with Gasteiger partial charge < -0.3 is 10.1 Å². The maximum absolute atomic E-state index is 12.3. The fourth-order valence-electron chi connectivity index (χ4n) is 2.59. The average molecular weight is 360 g/mol. The molecule has 132 valence electrons. The fraction of sp³-hybridized carbons (Fsp3) is 0.278. The molecular weight excluding hydrogens is 340 g/mol. The van der Waals surface area contributed by atoms with Crippen molar-refractivity contribution in [1.29, 1.82) is 0 Å². The molecule has 6 nitrogen and oxygen atoms in total. The normalized spacial score (nSPS) is 16.1. The highest BCUT2D eigenvalue weighted by Gasteiger charge is 2.28. The van der Waals surface area contributed by atoms with Crippen LogP contribution in [0.15, 0.2) is 53.4 Å². The van der Waals surface area contributed by atoms with Crippen LogP contribution in [-0.2, 0) is 21.2 Å². The van der Waals surface area contributed by atoms with Crippen molar-refractivity contribution in [2.24, 2.45) is 0 Å². The average Bonchev–Trinajstić information content (AvgIpc) is 3.05. The van der Waals surface area contributed by atoms with Gasteiger partial charge in [-0.3, -0.25) is 4.79 Å². The van der Waals surface area contributed by atoms with Crippen LogP contribution in [0.4, 0.5) is 5.69 Å². The Balaban J connectivity index is 1.63. The topological polar surface area (TPSA) is 84.5 Å². The zero-order valence-electron chi connectivity index (χ0n) is 13.9. The summed E-state index contributed by atoms with van der Waals surface area (Å²) in [6, 6.07) is 13.6. The molecular formula is C18H20N2O4S. The van der Waals surface area contributed by atoms with Crippen LogP contribution in [0.5, 0.6) is 5.75 Å². The molecule has 3 rings (SSSR count). The summed E-state index contributed by atoms with van der Waals surface area (Å²) in [6.45, 7) is 2.28. The van der Waals surface area contributed by atoms with Gasteiger partial charge in [-0.05, 0) is 42.3 Å². The van der Waals surface area contributed by atoms with Crippen LogP contribution in [-0.4, -0.2) is 27.0 Å². The largest absolute Gasteiger partial charge is 0.480 e. The van der Waals surface area contributed by atoms with E-state index in [1.807, 2.05) is 31.2 Å². The molecule has 7 heteroatoms. The first-order valence-electron chi connectivity index (χ1n) is 8.15. The standard InChI is InChI=1S/C18H20N2O4S/c1-2-11-19-25(22,23)15-9-7-14(8-10-15)20-18(21)17-12-13-5-3-4-6-16(13)24-17/h3-10,17,19H,2,11-12H2,1H3,(H,20,21). The SMILES string of the molecule is CCCNS(=O)(=O)c1ccc(NC(=O)C2Cc3ccccc3O2)cc1. The number of nitrogens with one attached hydrogen (secondary N) is 2. The van der Waals surface area contributed by atoms with E-state index in [-0.39, 0.29) is 10.8 Å². The van der Waals surface area contributed by atoms with Gasteiger partial charge in [-0.15, -0.1) is 0 Å². The summed E-state index contributed by atoms with van der Waals surface area (Å²) in [7, 11) is -3.51. The van der Waals surface area contributed by atoms with Gasteiger partial charge in [-0.25, -0.2) is 13.1 Å². The van der Waals surface area contributed by atoms with Crippen LogP contribution in [0.3, 0.4) is 0 Å². The number of carbonyl (C=O) groups is 1. The van der Waals surface area contributed by atoms with Crippen molar-refractivity contribution in [3.8, 4) is 5.75 Å². The van der Waals surface area contributed by atoms with E-state index in [0.29, 0.717) is 18.7 Å². The summed E-state index contributed by atoms with van der Waals surface area (Å²) >= 11 is 0. The van der Waals surface area contributed by atoms with Crippen LogP contribution in [0.1, 0.15) is 18.9 Å². The molecule has 1 unspecified atom stereocenters. The second-order valence-electron chi connectivity index (χ2n) is 5.83. The summed E-state index contributed by atoms with van der Waals surface area (Å²) in [5, 5.41) is 2.76. The lowest BCUT2D eigenvalue weighted by atomic mass is 10.1. The van der Waals surface area contributed by atoms with E-state index in [1.165, 1.54) is 12.1 Å². The van der Waals surface area contributed by atoms with E-state index in [9.17, 15) is 13.2 Å². The number of carbonyl (C=O) groups excluding carboxylic acids is 1. The molecule has 0 spiro atoms. The minimum absolute atomic E-state index is 0.170. The molecule has 0 bridgehead atoms. The van der Waals surface area contributed by atoms with Crippen molar-refractivity contribution in [2.45, 2.75) is 30.8 Å². The van der Waals surface area contributed by atoms with Gasteiger partial charge in [0.2, 0.25) is 10.0 Å². The highest BCUT2D eigenvalue weighted by Crippen LogP contribution is 2.28. The lowest BCUT2D eigenvalue weighted by Gasteiger charge is -2.12. The Bertz CT molecular complexity index is 838. The summed E-state index contributed by atoms with van der Waals surface area (Å²) in [5.41, 5.74) is 1.53. The molecule has 0 aromatic heterocycles. The Labute approximate surface area is 147 Å². The van der Waals surface area contributed by atoms with Gasteiger partial charge >= 0.3 is 0 Å². The molecule has 2 aromatic carbocycles. The Hall–Kier alpha value is -2.38. The van der Waals surface area contributed by atoms with Gasteiger partial charge in [0.1, 0.15) is 5.75 Å². The van der Waals surface area contributed by atoms with Crippen molar-refractivity contribution in [1.82, 2.24) is 4.72 Å². The number of ether oxygens (including phenoxy) is 1. The molecule has 0 radical (unpaired) electrons. The van der Waals surface area contributed by atoms with E-state index in [4.69, 9.17) is 4.74 Å². The van der Waals surface area contributed by atoms with Crippen molar-refractivity contribution < 1.29 is 17.9 Å². The molecule has 1 aliphatic rings. The quantitative estimate of drug-likeness (QED) is 0.828. The highest BCUT2D eigenvalue weighted by atomic mass is 32.2. The van der Waals surface area contributed by atoms with Gasteiger partial charge in [-0.2, -0.15) is 0 Å². The summed E-state index contributed by atoms with van der Waals surface area (Å²) in [4.78, 5) is 12.5. The van der Waals surface area contributed by atoms with E-state index < -0.39 is 16.1 Å². The van der Waals surface area contributed by atoms with Crippen molar-refractivity contribution in [3.05, 3.63) is 54.1 Å². The summed E-state index contributed by atoms with van der Waals surface area (Å²) in [6.07, 6.45) is 0.666. The predicted octanol–water partition coefficient (Wildman–Crippen LogP) is 2.32. The van der Waals surface area contributed by atoms with E-state index in [1.54, 1.807) is 12.1 Å². The van der Waals surface area contributed by atoms with Crippen LogP contribution in [0.2, 0.25) is 0 Å². The van der Waals surface area contributed by atoms with Gasteiger partial charge in [0.05, 0.1) is 4.90 Å². The second kappa shape index (κ2) is 7.25. The van der Waals surface area contributed by atoms with Gasteiger partial charge in [-0.1, -0.05) is 25.1 Å². The number of hydrogen-bond acceptors (Lipinski definition) is 4. The number of fused-ring (bicyclic) bond motifs is 1. The van der Waals surface area contributed by atoms with Gasteiger partial charge in [0.15, 0.2) is 6.10 Å². The Kier molecular flexibility index (Phi) is 5.06. The van der Waals surface area contributed by atoms with Crippen LogP contribution in [0, 0.1) is 0 Å². The molecule has 0 fully saturated rings. The monoisotopic (exact) mass is 360 g/mol. The zero-order valence-corrected chi connectivity index (χ0v) is 14.7. The minimum atomic E-state index is -3.51. The number of amides is 1. The zero-order chi connectivity index (χ0) is 17.9. The Morgan fingerprint density at radius 3 is 2.56 bits per heavy atom. The summed E-state index contributed by atoms with van der Waals surface area (Å²) < 4.78 is 32.2. The second-order valence-corrected chi connectivity index (χ2v) is 7.60. The number of rotatable bonds is 6. The number of anilines is 1. The maximum atomic E-state index is 12.3. The molecule has 2 N–H and O–H groups in total. The predicted molar refractivity (Wildman–Crippen MR) is 95.1 cm³/mol. The third kappa shape index (κ3) is 4.00. The Morgan fingerprint density at radius 2 is 1.88 bits per heavy atom. The lowest BCUT2D eigenvalue weighted by molar-refractivity contribution is -0.122. The molecule has 0 aliphatic carbocycles. The van der Waals surface area contributed by atoms with E-state index in [2.05, 4.69) is 10.0 Å². The number of hydrogen-bond donors (Lipinski definition) is 2. The van der Waals surface area contributed by atoms with Crippen LogP contribution < -0.4 is 14.8 Å². The van der Waals surface area contributed by atoms with E-state index >= 15 is 0 Å². The number of benzene rings is 2. The van der Waals surface area contributed by atoms with Gasteiger partial charge in [0, 0.05) is 18.7 Å². The lowest BCUT2D eigenvalue weighted by Crippen LogP contribution is -2.31. The highest BCUT2D eigenvalue weighted by molar-refractivity contribution is 7.89. The first-order chi connectivity index (χ1) is 12.0. The van der Waals surface area contributed by atoms with Crippen LogP contribution >= 0.6 is 0 Å². The maximum Gasteiger partial charge on any atom is 0.265 e. The van der Waals surface area contributed by atoms with E-state index in [0.717, 1.165) is 17.7 Å². The third-order valence-electron chi connectivity index (χ3n) is 3.91. The fourth-order valence-corrected chi connectivity index (χ4v) is 3.72. The molecule has 25 heavy (non-hydrogen) atoms. The molecule has 0 saturated carbocycles. The van der Waals surface area contributed by atoms with Crippen molar-refractivity contribution in [3.63, 3.8) is 0 Å². The van der Waals surface area contributed by atoms with Crippen LogP contribution in [0.25, 0.3) is 0 Å². The molecule has 1 amide bonds. The molecule has 0 saturated heterocycles.